The molecule has 7 heteroatoms. The molecule has 4 nitrogen and oxygen atoms in total. The van der Waals surface area contributed by atoms with Gasteiger partial charge < -0.3 is 5.32 Å². The van der Waals surface area contributed by atoms with Crippen LogP contribution in [0.15, 0.2) is 20.5 Å². The SMILES string of the molecule is CCn1nncc1C(NC)c1cc(Br)c(Br)s1. The average molecular weight is 380 g/mol. The van der Waals surface area contributed by atoms with E-state index >= 15 is 0 Å². The van der Waals surface area contributed by atoms with Crippen molar-refractivity contribution in [3.8, 4) is 0 Å². The van der Waals surface area contributed by atoms with Gasteiger partial charge in [-0.2, -0.15) is 0 Å². The summed E-state index contributed by atoms with van der Waals surface area (Å²) in [7, 11) is 1.94. The number of nitrogens with zero attached hydrogens (tertiary/aromatic N) is 3. The van der Waals surface area contributed by atoms with Crippen molar-refractivity contribution < 1.29 is 0 Å². The number of hydrogen-bond acceptors (Lipinski definition) is 4. The van der Waals surface area contributed by atoms with Crippen LogP contribution in [0.2, 0.25) is 0 Å². The molecule has 1 atom stereocenters. The van der Waals surface area contributed by atoms with Crippen molar-refractivity contribution in [3.63, 3.8) is 0 Å². The molecule has 0 aromatic carbocycles. The van der Waals surface area contributed by atoms with Crippen molar-refractivity contribution in [3.05, 3.63) is 31.1 Å². The van der Waals surface area contributed by atoms with Gasteiger partial charge in [0, 0.05) is 15.9 Å². The quantitative estimate of drug-likeness (QED) is 0.886. The minimum absolute atomic E-state index is 0.123. The lowest BCUT2D eigenvalue weighted by atomic mass is 10.2. The normalized spacial score (nSPS) is 12.9. The van der Waals surface area contributed by atoms with E-state index in [0.717, 1.165) is 20.5 Å². The van der Waals surface area contributed by atoms with Gasteiger partial charge in [0.25, 0.3) is 0 Å². The summed E-state index contributed by atoms with van der Waals surface area (Å²) in [6, 6.07) is 2.24. The summed E-state index contributed by atoms with van der Waals surface area (Å²) in [5, 5.41) is 11.3. The van der Waals surface area contributed by atoms with Crippen LogP contribution in [-0.2, 0) is 6.54 Å². The molecule has 0 aliphatic carbocycles. The zero-order valence-electron chi connectivity index (χ0n) is 9.44. The summed E-state index contributed by atoms with van der Waals surface area (Å²) in [6.07, 6.45) is 1.81. The van der Waals surface area contributed by atoms with E-state index in [2.05, 4.69) is 60.5 Å². The van der Waals surface area contributed by atoms with E-state index in [4.69, 9.17) is 0 Å². The lowest BCUT2D eigenvalue weighted by Gasteiger charge is -2.14. The molecule has 92 valence electrons. The molecular formula is C10H12Br2N4S. The molecule has 0 bridgehead atoms. The topological polar surface area (TPSA) is 42.7 Å². The van der Waals surface area contributed by atoms with Gasteiger partial charge in [-0.15, -0.1) is 16.4 Å². The smallest absolute Gasteiger partial charge is 0.0856 e. The molecule has 0 fully saturated rings. The van der Waals surface area contributed by atoms with Crippen LogP contribution in [0, 0.1) is 0 Å². The van der Waals surface area contributed by atoms with Gasteiger partial charge in [0.15, 0.2) is 0 Å². The molecule has 2 aromatic rings. The number of aryl methyl sites for hydroxylation is 1. The van der Waals surface area contributed by atoms with E-state index in [1.165, 1.54) is 4.88 Å². The molecule has 0 radical (unpaired) electrons. The molecule has 0 saturated carbocycles. The predicted molar refractivity (Wildman–Crippen MR) is 76.3 cm³/mol. The van der Waals surface area contributed by atoms with Crippen molar-refractivity contribution >= 4 is 43.2 Å². The van der Waals surface area contributed by atoms with Crippen molar-refractivity contribution in [2.75, 3.05) is 7.05 Å². The van der Waals surface area contributed by atoms with E-state index < -0.39 is 0 Å². The third kappa shape index (κ3) is 2.62. The summed E-state index contributed by atoms with van der Waals surface area (Å²) in [6.45, 7) is 2.88. The van der Waals surface area contributed by atoms with Gasteiger partial charge in [-0.25, -0.2) is 4.68 Å². The number of aromatic nitrogens is 3. The summed E-state index contributed by atoms with van der Waals surface area (Å²) in [4.78, 5) is 1.23. The van der Waals surface area contributed by atoms with Crippen LogP contribution in [0.5, 0.6) is 0 Å². The molecule has 1 unspecified atom stereocenters. The maximum absolute atomic E-state index is 4.07. The molecular weight excluding hydrogens is 368 g/mol. The van der Waals surface area contributed by atoms with Crippen LogP contribution in [0.4, 0.5) is 0 Å². The Morgan fingerprint density at radius 2 is 2.29 bits per heavy atom. The minimum Gasteiger partial charge on any atom is -0.307 e. The van der Waals surface area contributed by atoms with Gasteiger partial charge in [0.05, 0.1) is 21.7 Å². The first-order chi connectivity index (χ1) is 8.17. The highest BCUT2D eigenvalue weighted by Gasteiger charge is 2.20. The zero-order chi connectivity index (χ0) is 12.4. The Bertz CT molecular complexity index is 489. The molecule has 0 spiro atoms. The van der Waals surface area contributed by atoms with Gasteiger partial charge in [-0.05, 0) is 51.9 Å². The maximum atomic E-state index is 4.07. The zero-order valence-corrected chi connectivity index (χ0v) is 13.4. The van der Waals surface area contributed by atoms with Crippen LogP contribution in [0.1, 0.15) is 23.5 Å². The molecule has 2 rings (SSSR count). The fourth-order valence-corrected chi connectivity index (χ4v) is 3.89. The fraction of sp³-hybridized carbons (Fsp3) is 0.400. The van der Waals surface area contributed by atoms with Crippen LogP contribution in [-0.4, -0.2) is 22.0 Å². The predicted octanol–water partition coefficient (Wildman–Crippen LogP) is 3.19. The van der Waals surface area contributed by atoms with Gasteiger partial charge in [0.1, 0.15) is 0 Å². The number of rotatable bonds is 4. The van der Waals surface area contributed by atoms with E-state index in [0.29, 0.717) is 0 Å². The number of nitrogens with one attached hydrogen (secondary N) is 1. The lowest BCUT2D eigenvalue weighted by Crippen LogP contribution is -2.20. The Hall–Kier alpha value is -0.240. The molecule has 0 amide bonds. The van der Waals surface area contributed by atoms with Crippen molar-refractivity contribution in [2.24, 2.45) is 0 Å². The van der Waals surface area contributed by atoms with Crippen LogP contribution >= 0.6 is 43.2 Å². The summed E-state index contributed by atoms with van der Waals surface area (Å²) < 4.78 is 4.08. The van der Waals surface area contributed by atoms with E-state index in [-0.39, 0.29) is 6.04 Å². The largest absolute Gasteiger partial charge is 0.307 e. The number of halogens is 2. The molecule has 0 aliphatic heterocycles. The minimum atomic E-state index is 0.123. The first-order valence-corrected chi connectivity index (χ1v) is 7.58. The Balaban J connectivity index is 2.40. The molecule has 1 N–H and O–H groups in total. The summed E-state index contributed by atoms with van der Waals surface area (Å²) in [5.41, 5.74) is 1.08. The second-order valence-electron chi connectivity index (χ2n) is 3.47. The van der Waals surface area contributed by atoms with Gasteiger partial charge in [0.2, 0.25) is 0 Å². The highest BCUT2D eigenvalue weighted by atomic mass is 79.9. The Kier molecular flexibility index (Phi) is 4.35. The summed E-state index contributed by atoms with van der Waals surface area (Å²) in [5.74, 6) is 0. The van der Waals surface area contributed by atoms with Gasteiger partial charge in [-0.3, -0.25) is 0 Å². The third-order valence-electron chi connectivity index (χ3n) is 2.48. The highest BCUT2D eigenvalue weighted by molar-refractivity contribution is 9.13. The maximum Gasteiger partial charge on any atom is 0.0856 e. The first-order valence-electron chi connectivity index (χ1n) is 5.17. The Labute approximate surface area is 121 Å². The Morgan fingerprint density at radius 1 is 1.53 bits per heavy atom. The first kappa shape index (κ1) is 13.2. The number of thiophene rings is 1. The average Bonchev–Trinajstić information content (AvgIpc) is 2.89. The van der Waals surface area contributed by atoms with E-state index in [1.807, 2.05) is 17.9 Å². The van der Waals surface area contributed by atoms with Crippen molar-refractivity contribution in [2.45, 2.75) is 19.5 Å². The second-order valence-corrected chi connectivity index (χ2v) is 6.72. The van der Waals surface area contributed by atoms with Crippen molar-refractivity contribution in [1.29, 1.82) is 0 Å². The second kappa shape index (κ2) is 5.60. The highest BCUT2D eigenvalue weighted by Crippen LogP contribution is 2.37. The standard InChI is InChI=1S/C10H12Br2N4S/c1-3-16-7(5-14-15-16)9(13-2)8-4-6(11)10(12)17-8/h4-5,9,13H,3H2,1-2H3. The molecule has 0 saturated heterocycles. The van der Waals surface area contributed by atoms with Crippen LogP contribution in [0.25, 0.3) is 0 Å². The Morgan fingerprint density at radius 3 is 2.82 bits per heavy atom. The van der Waals surface area contributed by atoms with Crippen molar-refractivity contribution in [1.82, 2.24) is 20.3 Å². The fourth-order valence-electron chi connectivity index (χ4n) is 1.68. The van der Waals surface area contributed by atoms with Gasteiger partial charge >= 0.3 is 0 Å². The van der Waals surface area contributed by atoms with Crippen LogP contribution < -0.4 is 5.32 Å². The summed E-state index contributed by atoms with van der Waals surface area (Å²) >= 11 is 8.73. The van der Waals surface area contributed by atoms with E-state index in [1.54, 1.807) is 11.3 Å². The van der Waals surface area contributed by atoms with Crippen LogP contribution in [0.3, 0.4) is 0 Å². The molecule has 17 heavy (non-hydrogen) atoms. The molecule has 2 aromatic heterocycles. The monoisotopic (exact) mass is 378 g/mol. The third-order valence-corrected chi connectivity index (χ3v) is 5.80. The lowest BCUT2D eigenvalue weighted by molar-refractivity contribution is 0.555. The molecule has 0 aliphatic rings. The number of hydrogen-bond donors (Lipinski definition) is 1. The van der Waals surface area contributed by atoms with E-state index in [9.17, 15) is 0 Å². The molecule has 2 heterocycles. The van der Waals surface area contributed by atoms with Gasteiger partial charge in [-0.1, -0.05) is 5.21 Å².